The Morgan fingerprint density at radius 2 is 1.42 bits per heavy atom. The van der Waals surface area contributed by atoms with E-state index >= 15 is 0 Å². The quantitative estimate of drug-likeness (QED) is 0.245. The summed E-state index contributed by atoms with van der Waals surface area (Å²) in [6.07, 6.45) is 0. The molecule has 0 aromatic rings. The molecule has 0 atom stereocenters. The number of rotatable bonds is 3. The lowest BCUT2D eigenvalue weighted by Gasteiger charge is -2.30. The normalized spacial score (nSPS) is 17.2. The van der Waals surface area contributed by atoms with Crippen molar-refractivity contribution in [2.24, 2.45) is 10.8 Å². The zero-order valence-corrected chi connectivity index (χ0v) is 16.3. The third-order valence-corrected chi connectivity index (χ3v) is 3.38. The van der Waals surface area contributed by atoms with Crippen LogP contribution in [0.25, 0.3) is 0 Å². The molecule has 8 heteroatoms. The molecule has 0 unspecified atom stereocenters. The molecule has 0 fully saturated rings. The number of allylic oxidation sites excluding steroid dienone is 1. The maximum atomic E-state index is 12.7. The molecule has 0 N–H and O–H groups in total. The van der Waals surface area contributed by atoms with Crippen LogP contribution in [0.5, 0.6) is 0 Å². The summed E-state index contributed by atoms with van der Waals surface area (Å²) in [5.74, 6) is -4.35. The first-order valence-electron chi connectivity index (χ1n) is 7.86. The Hall–Kier alpha value is -2.64. The van der Waals surface area contributed by atoms with Gasteiger partial charge in [0.15, 0.2) is 16.9 Å². The summed E-state index contributed by atoms with van der Waals surface area (Å²) in [4.78, 5) is 49.2. The minimum atomic E-state index is -1.08. The Bertz CT molecular complexity index is 710. The van der Waals surface area contributed by atoms with Gasteiger partial charge in [-0.25, -0.2) is 14.4 Å². The van der Waals surface area contributed by atoms with Crippen LogP contribution in [0.2, 0.25) is 0 Å². The first kappa shape index (κ1) is 21.4. The van der Waals surface area contributed by atoms with Crippen molar-refractivity contribution < 1.29 is 38.1 Å². The third-order valence-electron chi connectivity index (χ3n) is 3.38. The second-order valence-electron chi connectivity index (χ2n) is 7.67. The smallest absolute Gasteiger partial charge is 0.356 e. The molecular formula is C18H24O8. The van der Waals surface area contributed by atoms with Crippen molar-refractivity contribution in [1.82, 2.24) is 0 Å². The molecule has 0 spiro atoms. The fraction of sp³-hybridized carbons (Fsp3) is 0.556. The summed E-state index contributed by atoms with van der Waals surface area (Å²) in [7, 11) is 2.20. The second-order valence-corrected chi connectivity index (χ2v) is 7.67. The Kier molecular flexibility index (Phi) is 6.02. The van der Waals surface area contributed by atoms with Crippen LogP contribution in [-0.2, 0) is 38.1 Å². The number of Topliss-reactive ketones (excluding diaryl/α,β-unsaturated/α-hetero) is 1. The monoisotopic (exact) mass is 368 g/mol. The lowest BCUT2D eigenvalue weighted by molar-refractivity contribution is -0.151. The standard InChI is InChI=1S/C18H24O8/c1-17(2,3)11(19)9(13(20)23-7)16-25-12(18(4,5)6)10(14(21)24-8)15(22)26-16/h1-8H3/b16-9+. The fourth-order valence-corrected chi connectivity index (χ4v) is 2.05. The maximum Gasteiger partial charge on any atom is 0.356 e. The van der Waals surface area contributed by atoms with Crippen LogP contribution in [-0.4, -0.2) is 37.9 Å². The second kappa shape index (κ2) is 7.31. The molecule has 0 saturated heterocycles. The number of ether oxygens (including phenoxy) is 4. The highest BCUT2D eigenvalue weighted by Crippen LogP contribution is 2.37. The predicted octanol–water partition coefficient (Wildman–Crippen LogP) is 2.03. The molecule has 0 aliphatic carbocycles. The Morgan fingerprint density at radius 3 is 1.81 bits per heavy atom. The van der Waals surface area contributed by atoms with E-state index in [1.54, 1.807) is 41.5 Å². The van der Waals surface area contributed by atoms with Crippen LogP contribution in [0.15, 0.2) is 22.9 Å². The number of esters is 3. The van der Waals surface area contributed by atoms with E-state index in [1.165, 1.54) is 0 Å². The third kappa shape index (κ3) is 4.30. The minimum absolute atomic E-state index is 0.0706. The van der Waals surface area contributed by atoms with E-state index in [-0.39, 0.29) is 5.76 Å². The molecule has 0 aromatic carbocycles. The number of methoxy groups -OCH3 is 2. The lowest BCUT2D eigenvalue weighted by atomic mass is 9.86. The minimum Gasteiger partial charge on any atom is -0.465 e. The first-order chi connectivity index (χ1) is 11.8. The molecule has 0 bridgehead atoms. The molecule has 1 heterocycles. The van der Waals surface area contributed by atoms with Crippen LogP contribution < -0.4 is 0 Å². The van der Waals surface area contributed by atoms with E-state index in [1.807, 2.05) is 0 Å². The van der Waals surface area contributed by atoms with Gasteiger partial charge in [-0.1, -0.05) is 41.5 Å². The molecular weight excluding hydrogens is 344 g/mol. The fourth-order valence-electron chi connectivity index (χ4n) is 2.05. The van der Waals surface area contributed by atoms with Crippen molar-refractivity contribution in [3.63, 3.8) is 0 Å². The molecule has 8 nitrogen and oxygen atoms in total. The summed E-state index contributed by atoms with van der Waals surface area (Å²) in [5.41, 5.74) is -2.77. The molecule has 1 aliphatic rings. The van der Waals surface area contributed by atoms with Crippen molar-refractivity contribution in [3.8, 4) is 0 Å². The van der Waals surface area contributed by atoms with Gasteiger partial charge in [0.05, 0.1) is 14.2 Å². The molecule has 0 radical (unpaired) electrons. The van der Waals surface area contributed by atoms with Gasteiger partial charge >= 0.3 is 23.9 Å². The number of hydrogen-bond donors (Lipinski definition) is 0. The van der Waals surface area contributed by atoms with Crippen molar-refractivity contribution >= 4 is 23.7 Å². The summed E-state index contributed by atoms with van der Waals surface area (Å²) in [5, 5.41) is 0. The van der Waals surface area contributed by atoms with Crippen LogP contribution in [0, 0.1) is 10.8 Å². The van der Waals surface area contributed by atoms with Gasteiger partial charge in [0.25, 0.3) is 0 Å². The van der Waals surface area contributed by atoms with Gasteiger partial charge in [-0.05, 0) is 0 Å². The van der Waals surface area contributed by atoms with Crippen molar-refractivity contribution in [2.45, 2.75) is 41.5 Å². The van der Waals surface area contributed by atoms with E-state index in [9.17, 15) is 19.2 Å². The van der Waals surface area contributed by atoms with Crippen molar-refractivity contribution in [1.29, 1.82) is 0 Å². The van der Waals surface area contributed by atoms with Crippen LogP contribution in [0.4, 0.5) is 0 Å². The number of carbonyl (C=O) groups is 4. The zero-order valence-electron chi connectivity index (χ0n) is 16.3. The van der Waals surface area contributed by atoms with Gasteiger partial charge in [-0.3, -0.25) is 4.79 Å². The summed E-state index contributed by atoms with van der Waals surface area (Å²) in [6, 6.07) is 0. The summed E-state index contributed by atoms with van der Waals surface area (Å²) in [6.45, 7) is 9.82. The van der Waals surface area contributed by atoms with Crippen molar-refractivity contribution in [2.75, 3.05) is 14.2 Å². The first-order valence-corrected chi connectivity index (χ1v) is 7.86. The number of hydrogen-bond acceptors (Lipinski definition) is 8. The number of carbonyl (C=O) groups excluding carboxylic acids is 4. The zero-order chi connectivity index (χ0) is 20.4. The van der Waals surface area contributed by atoms with Crippen molar-refractivity contribution in [3.05, 3.63) is 22.9 Å². The van der Waals surface area contributed by atoms with E-state index in [4.69, 9.17) is 9.47 Å². The molecule has 0 aromatic heterocycles. The van der Waals surface area contributed by atoms with Gasteiger partial charge in [-0.15, -0.1) is 0 Å². The summed E-state index contributed by atoms with van der Waals surface area (Å²) < 4.78 is 19.8. The largest absolute Gasteiger partial charge is 0.465 e. The van der Waals surface area contributed by atoms with E-state index in [2.05, 4.69) is 9.47 Å². The molecule has 0 saturated carbocycles. The Morgan fingerprint density at radius 1 is 0.885 bits per heavy atom. The van der Waals surface area contributed by atoms with Gasteiger partial charge in [0.2, 0.25) is 0 Å². The molecule has 1 aliphatic heterocycles. The van der Waals surface area contributed by atoms with Crippen LogP contribution in [0.3, 0.4) is 0 Å². The molecule has 144 valence electrons. The highest BCUT2D eigenvalue weighted by atomic mass is 16.7. The summed E-state index contributed by atoms with van der Waals surface area (Å²) >= 11 is 0. The molecule has 1 rings (SSSR count). The predicted molar refractivity (Wildman–Crippen MR) is 89.2 cm³/mol. The van der Waals surface area contributed by atoms with Crippen LogP contribution in [0.1, 0.15) is 41.5 Å². The van der Waals surface area contributed by atoms with Crippen LogP contribution >= 0.6 is 0 Å². The Labute approximate surface area is 152 Å². The van der Waals surface area contributed by atoms with Gasteiger partial charge < -0.3 is 18.9 Å². The van der Waals surface area contributed by atoms with E-state index in [0.29, 0.717) is 0 Å². The average Bonchev–Trinajstić information content (AvgIpc) is 2.51. The number of cyclic esters (lactones) is 1. The highest BCUT2D eigenvalue weighted by molar-refractivity contribution is 6.20. The topological polar surface area (TPSA) is 105 Å². The maximum absolute atomic E-state index is 12.7. The van der Waals surface area contributed by atoms with E-state index < -0.39 is 51.6 Å². The Balaban J connectivity index is 3.70. The average molecular weight is 368 g/mol. The lowest BCUT2D eigenvalue weighted by Crippen LogP contribution is -2.34. The number of ketones is 1. The van der Waals surface area contributed by atoms with Gasteiger partial charge in [0.1, 0.15) is 5.76 Å². The van der Waals surface area contributed by atoms with Gasteiger partial charge in [0, 0.05) is 10.8 Å². The molecule has 26 heavy (non-hydrogen) atoms. The SMILES string of the molecule is COC(=O)C1=C(C(C)(C)C)O/C(=C(\C(=O)OC)C(=O)C(C)(C)C)OC1=O. The molecule has 0 amide bonds. The van der Waals surface area contributed by atoms with E-state index in [0.717, 1.165) is 14.2 Å². The highest BCUT2D eigenvalue weighted by Gasteiger charge is 2.43. The van der Waals surface area contributed by atoms with Gasteiger partial charge in [-0.2, -0.15) is 0 Å².